The van der Waals surface area contributed by atoms with Gasteiger partial charge in [-0.05, 0) is 31.5 Å². The standard InChI is InChI=1S/C13H17NO2/c1-3-4-5-13(16)11-8-10(9(2)15)6-7-12(11)14/h6-8H,3-5,14H2,1-2H3. The third kappa shape index (κ3) is 2.92. The summed E-state index contributed by atoms with van der Waals surface area (Å²) in [7, 11) is 0. The third-order valence-corrected chi connectivity index (χ3v) is 2.52. The Bertz CT molecular complexity index is 410. The Kier molecular flexibility index (Phi) is 4.23. The van der Waals surface area contributed by atoms with E-state index in [-0.39, 0.29) is 11.6 Å². The first-order valence-corrected chi connectivity index (χ1v) is 5.50. The number of hydrogen-bond donors (Lipinski definition) is 1. The Morgan fingerprint density at radius 1 is 1.31 bits per heavy atom. The molecule has 86 valence electrons. The molecule has 0 fully saturated rings. The molecule has 1 aromatic rings. The van der Waals surface area contributed by atoms with Crippen molar-refractivity contribution in [1.82, 2.24) is 0 Å². The van der Waals surface area contributed by atoms with Crippen molar-refractivity contribution in [2.45, 2.75) is 33.1 Å². The molecule has 0 aliphatic heterocycles. The molecular formula is C13H17NO2. The van der Waals surface area contributed by atoms with Crippen molar-refractivity contribution in [2.75, 3.05) is 5.73 Å². The van der Waals surface area contributed by atoms with Crippen LogP contribution in [0, 0.1) is 0 Å². The van der Waals surface area contributed by atoms with Crippen molar-refractivity contribution in [3.05, 3.63) is 29.3 Å². The van der Waals surface area contributed by atoms with E-state index < -0.39 is 0 Å². The smallest absolute Gasteiger partial charge is 0.164 e. The predicted octanol–water partition coefficient (Wildman–Crippen LogP) is 2.84. The SMILES string of the molecule is CCCCC(=O)c1cc(C(C)=O)ccc1N. The van der Waals surface area contributed by atoms with E-state index in [1.54, 1.807) is 18.2 Å². The molecule has 3 heteroatoms. The van der Waals surface area contributed by atoms with E-state index in [1.165, 1.54) is 6.92 Å². The lowest BCUT2D eigenvalue weighted by atomic mass is 10.00. The van der Waals surface area contributed by atoms with Gasteiger partial charge in [0, 0.05) is 23.2 Å². The summed E-state index contributed by atoms with van der Waals surface area (Å²) >= 11 is 0. The van der Waals surface area contributed by atoms with Gasteiger partial charge in [0.05, 0.1) is 0 Å². The number of ketones is 2. The number of unbranched alkanes of at least 4 members (excludes halogenated alkanes) is 1. The topological polar surface area (TPSA) is 60.2 Å². The van der Waals surface area contributed by atoms with Gasteiger partial charge >= 0.3 is 0 Å². The van der Waals surface area contributed by atoms with E-state index in [0.717, 1.165) is 12.8 Å². The van der Waals surface area contributed by atoms with Crippen molar-refractivity contribution in [2.24, 2.45) is 0 Å². The van der Waals surface area contributed by atoms with Gasteiger partial charge in [-0.25, -0.2) is 0 Å². The largest absolute Gasteiger partial charge is 0.398 e. The fourth-order valence-corrected chi connectivity index (χ4v) is 1.49. The number of nitrogens with two attached hydrogens (primary N) is 1. The molecule has 0 aromatic heterocycles. The highest BCUT2D eigenvalue weighted by Gasteiger charge is 2.11. The zero-order valence-corrected chi connectivity index (χ0v) is 9.75. The van der Waals surface area contributed by atoms with Crippen LogP contribution in [0.15, 0.2) is 18.2 Å². The number of rotatable bonds is 5. The van der Waals surface area contributed by atoms with E-state index in [2.05, 4.69) is 0 Å². The highest BCUT2D eigenvalue weighted by molar-refractivity contribution is 6.04. The molecule has 0 unspecified atom stereocenters. The Hall–Kier alpha value is -1.64. The summed E-state index contributed by atoms with van der Waals surface area (Å²) in [4.78, 5) is 23.0. The zero-order chi connectivity index (χ0) is 12.1. The van der Waals surface area contributed by atoms with Crippen molar-refractivity contribution >= 4 is 17.3 Å². The molecule has 0 radical (unpaired) electrons. The monoisotopic (exact) mass is 219 g/mol. The fraction of sp³-hybridized carbons (Fsp3) is 0.385. The summed E-state index contributed by atoms with van der Waals surface area (Å²) in [5.41, 5.74) is 7.19. The summed E-state index contributed by atoms with van der Waals surface area (Å²) in [6.45, 7) is 3.51. The number of benzene rings is 1. The number of carbonyl (C=O) groups excluding carboxylic acids is 2. The van der Waals surface area contributed by atoms with Crippen LogP contribution in [0.1, 0.15) is 53.8 Å². The molecule has 1 aromatic carbocycles. The second-order valence-electron chi connectivity index (χ2n) is 3.88. The average Bonchev–Trinajstić information content (AvgIpc) is 2.26. The van der Waals surface area contributed by atoms with Crippen molar-refractivity contribution in [3.8, 4) is 0 Å². The minimum atomic E-state index is -0.0514. The molecule has 2 N–H and O–H groups in total. The minimum absolute atomic E-state index is 0.0162. The molecule has 0 atom stereocenters. The second-order valence-corrected chi connectivity index (χ2v) is 3.88. The van der Waals surface area contributed by atoms with Gasteiger partial charge in [0.25, 0.3) is 0 Å². The van der Waals surface area contributed by atoms with E-state index >= 15 is 0 Å². The van der Waals surface area contributed by atoms with Crippen LogP contribution in [0.25, 0.3) is 0 Å². The van der Waals surface area contributed by atoms with Crippen molar-refractivity contribution < 1.29 is 9.59 Å². The lowest BCUT2D eigenvalue weighted by Crippen LogP contribution is -2.06. The second kappa shape index (κ2) is 5.45. The summed E-state index contributed by atoms with van der Waals surface area (Å²) in [5.74, 6) is -0.0352. The van der Waals surface area contributed by atoms with Gasteiger partial charge in [-0.15, -0.1) is 0 Å². The fourth-order valence-electron chi connectivity index (χ4n) is 1.49. The normalized spacial score (nSPS) is 10.1. The van der Waals surface area contributed by atoms with Crippen molar-refractivity contribution in [1.29, 1.82) is 0 Å². The van der Waals surface area contributed by atoms with E-state index in [1.807, 2.05) is 6.92 Å². The number of carbonyl (C=O) groups is 2. The van der Waals surface area contributed by atoms with Crippen LogP contribution in [0.5, 0.6) is 0 Å². The summed E-state index contributed by atoms with van der Waals surface area (Å²) in [5, 5.41) is 0. The predicted molar refractivity (Wildman–Crippen MR) is 64.7 cm³/mol. The summed E-state index contributed by atoms with van der Waals surface area (Å²) < 4.78 is 0. The molecular weight excluding hydrogens is 202 g/mol. The summed E-state index contributed by atoms with van der Waals surface area (Å²) in [6, 6.07) is 4.86. The lowest BCUT2D eigenvalue weighted by Gasteiger charge is -2.06. The molecule has 1 rings (SSSR count). The molecule has 0 amide bonds. The van der Waals surface area contributed by atoms with Crippen LogP contribution in [-0.4, -0.2) is 11.6 Å². The van der Waals surface area contributed by atoms with Gasteiger partial charge in [0.15, 0.2) is 11.6 Å². The van der Waals surface area contributed by atoms with Crippen molar-refractivity contribution in [3.63, 3.8) is 0 Å². The molecule has 3 nitrogen and oxygen atoms in total. The van der Waals surface area contributed by atoms with Gasteiger partial charge in [-0.3, -0.25) is 9.59 Å². The number of Topliss-reactive ketones (excluding diaryl/α,β-unsaturated/α-hetero) is 2. The quantitative estimate of drug-likeness (QED) is 0.612. The summed E-state index contributed by atoms with van der Waals surface area (Å²) in [6.07, 6.45) is 2.31. The van der Waals surface area contributed by atoms with Crippen LogP contribution in [0.3, 0.4) is 0 Å². The number of hydrogen-bond acceptors (Lipinski definition) is 3. The average molecular weight is 219 g/mol. The first-order valence-electron chi connectivity index (χ1n) is 5.50. The van der Waals surface area contributed by atoms with Gasteiger partial charge in [-0.1, -0.05) is 13.3 Å². The molecule has 0 spiro atoms. The van der Waals surface area contributed by atoms with Gasteiger partial charge < -0.3 is 5.73 Å². The molecule has 0 saturated carbocycles. The molecule has 0 bridgehead atoms. The van der Waals surface area contributed by atoms with Gasteiger partial charge in [-0.2, -0.15) is 0 Å². The number of anilines is 1. The Morgan fingerprint density at radius 3 is 2.56 bits per heavy atom. The maximum absolute atomic E-state index is 11.8. The highest BCUT2D eigenvalue weighted by Crippen LogP contribution is 2.17. The molecule has 0 heterocycles. The molecule has 16 heavy (non-hydrogen) atoms. The Morgan fingerprint density at radius 2 is 2.00 bits per heavy atom. The van der Waals surface area contributed by atoms with E-state index in [4.69, 9.17) is 5.73 Å². The molecule has 0 aliphatic rings. The van der Waals surface area contributed by atoms with Gasteiger partial charge in [0.2, 0.25) is 0 Å². The Balaban J connectivity index is 2.97. The lowest BCUT2D eigenvalue weighted by molar-refractivity contribution is 0.0980. The first-order chi connectivity index (χ1) is 7.56. The minimum Gasteiger partial charge on any atom is -0.398 e. The first kappa shape index (κ1) is 12.4. The maximum atomic E-state index is 11.8. The van der Waals surface area contributed by atoms with Crippen LogP contribution in [-0.2, 0) is 0 Å². The highest BCUT2D eigenvalue weighted by atomic mass is 16.1. The van der Waals surface area contributed by atoms with E-state index in [9.17, 15) is 9.59 Å². The van der Waals surface area contributed by atoms with E-state index in [0.29, 0.717) is 23.2 Å². The third-order valence-electron chi connectivity index (χ3n) is 2.52. The van der Waals surface area contributed by atoms with Crippen LogP contribution >= 0.6 is 0 Å². The zero-order valence-electron chi connectivity index (χ0n) is 9.75. The Labute approximate surface area is 95.6 Å². The van der Waals surface area contributed by atoms with Crippen LogP contribution < -0.4 is 5.73 Å². The molecule has 0 aliphatic carbocycles. The van der Waals surface area contributed by atoms with Crippen LogP contribution in [0.4, 0.5) is 5.69 Å². The van der Waals surface area contributed by atoms with Crippen LogP contribution in [0.2, 0.25) is 0 Å². The molecule has 0 saturated heterocycles. The number of nitrogen functional groups attached to an aromatic ring is 1. The maximum Gasteiger partial charge on any atom is 0.164 e. The van der Waals surface area contributed by atoms with Gasteiger partial charge in [0.1, 0.15) is 0 Å².